The van der Waals surface area contributed by atoms with Crippen molar-refractivity contribution in [2.75, 3.05) is 18.8 Å². The predicted octanol–water partition coefficient (Wildman–Crippen LogP) is 1.42. The van der Waals surface area contributed by atoms with E-state index in [1.165, 1.54) is 4.31 Å². The van der Waals surface area contributed by atoms with Crippen molar-refractivity contribution in [3.05, 3.63) is 0 Å². The maximum atomic E-state index is 12.3. The summed E-state index contributed by atoms with van der Waals surface area (Å²) in [4.78, 5) is 0. The van der Waals surface area contributed by atoms with E-state index < -0.39 is 15.6 Å². The highest BCUT2D eigenvalue weighted by Crippen LogP contribution is 2.24. The van der Waals surface area contributed by atoms with Crippen LogP contribution in [0.1, 0.15) is 41.5 Å². The average molecular weight is 250 g/mol. The molecule has 0 rings (SSSR count). The molecule has 0 atom stereocenters. The zero-order valence-corrected chi connectivity index (χ0v) is 12.2. The van der Waals surface area contributed by atoms with Gasteiger partial charge < -0.3 is 5.73 Å². The molecule has 0 bridgehead atoms. The minimum absolute atomic E-state index is 0.150. The quantitative estimate of drug-likeness (QED) is 0.802. The Balaban J connectivity index is 5.12. The maximum absolute atomic E-state index is 12.3. The van der Waals surface area contributed by atoms with E-state index in [9.17, 15) is 8.42 Å². The van der Waals surface area contributed by atoms with Gasteiger partial charge in [0.15, 0.2) is 0 Å². The second kappa shape index (κ2) is 5.02. The number of nitrogens with two attached hydrogens (primary N) is 1. The van der Waals surface area contributed by atoms with Gasteiger partial charge in [-0.1, -0.05) is 27.7 Å². The van der Waals surface area contributed by atoms with Crippen molar-refractivity contribution in [1.29, 1.82) is 0 Å². The van der Waals surface area contributed by atoms with Crippen molar-refractivity contribution in [2.24, 2.45) is 11.1 Å². The fourth-order valence-electron chi connectivity index (χ4n) is 1.73. The molecule has 0 radical (unpaired) electrons. The standard InChI is InChI=1S/C11H26N2O2S/c1-7-13(11(5,6)8-12)16(14,15)9-10(2,3)4/h7-9,12H2,1-6H3. The van der Waals surface area contributed by atoms with Crippen LogP contribution in [0, 0.1) is 5.41 Å². The second-order valence-electron chi connectivity index (χ2n) is 6.00. The first-order valence-corrected chi connectivity index (χ1v) is 7.28. The molecule has 98 valence electrons. The van der Waals surface area contributed by atoms with Crippen LogP contribution in [0.3, 0.4) is 0 Å². The van der Waals surface area contributed by atoms with Crippen molar-refractivity contribution < 1.29 is 8.42 Å². The van der Waals surface area contributed by atoms with Crippen molar-refractivity contribution >= 4 is 10.0 Å². The molecule has 5 heteroatoms. The number of rotatable bonds is 5. The molecule has 0 aliphatic heterocycles. The lowest BCUT2D eigenvalue weighted by Crippen LogP contribution is -2.53. The highest BCUT2D eigenvalue weighted by atomic mass is 32.2. The van der Waals surface area contributed by atoms with Crippen molar-refractivity contribution in [3.8, 4) is 0 Å². The van der Waals surface area contributed by atoms with E-state index in [1.54, 1.807) is 0 Å². The third-order valence-electron chi connectivity index (χ3n) is 2.41. The van der Waals surface area contributed by atoms with Gasteiger partial charge in [0.25, 0.3) is 0 Å². The van der Waals surface area contributed by atoms with Crippen LogP contribution in [0.25, 0.3) is 0 Å². The normalized spacial score (nSPS) is 14.5. The summed E-state index contributed by atoms with van der Waals surface area (Å²) >= 11 is 0. The number of sulfonamides is 1. The van der Waals surface area contributed by atoms with Crippen LogP contribution in [-0.2, 0) is 10.0 Å². The van der Waals surface area contributed by atoms with E-state index in [1.807, 2.05) is 41.5 Å². The van der Waals surface area contributed by atoms with Gasteiger partial charge in [0, 0.05) is 18.6 Å². The van der Waals surface area contributed by atoms with E-state index in [0.29, 0.717) is 13.1 Å². The lowest BCUT2D eigenvalue weighted by Gasteiger charge is -2.37. The maximum Gasteiger partial charge on any atom is 0.215 e. The summed E-state index contributed by atoms with van der Waals surface area (Å²) < 4.78 is 26.0. The fraction of sp³-hybridized carbons (Fsp3) is 1.00. The van der Waals surface area contributed by atoms with Gasteiger partial charge >= 0.3 is 0 Å². The van der Waals surface area contributed by atoms with E-state index in [4.69, 9.17) is 5.73 Å². The zero-order valence-electron chi connectivity index (χ0n) is 11.4. The molecular formula is C11H26N2O2S. The van der Waals surface area contributed by atoms with Crippen molar-refractivity contribution in [3.63, 3.8) is 0 Å². The molecule has 0 aromatic carbocycles. The van der Waals surface area contributed by atoms with Gasteiger partial charge in [-0.05, 0) is 19.3 Å². The summed E-state index contributed by atoms with van der Waals surface area (Å²) in [5.41, 5.74) is 4.88. The number of hydrogen-bond acceptors (Lipinski definition) is 3. The molecule has 0 fully saturated rings. The van der Waals surface area contributed by atoms with Crippen LogP contribution in [0.5, 0.6) is 0 Å². The topological polar surface area (TPSA) is 63.4 Å². The molecule has 0 spiro atoms. The van der Waals surface area contributed by atoms with Crippen LogP contribution >= 0.6 is 0 Å². The molecule has 16 heavy (non-hydrogen) atoms. The van der Waals surface area contributed by atoms with Crippen LogP contribution in [0.15, 0.2) is 0 Å². The van der Waals surface area contributed by atoms with Crippen LogP contribution < -0.4 is 5.73 Å². The Morgan fingerprint density at radius 3 is 1.81 bits per heavy atom. The molecule has 0 heterocycles. The number of likely N-dealkylation sites (N-methyl/N-ethyl adjacent to an activating group) is 1. The molecule has 0 unspecified atom stereocenters. The Bertz CT molecular complexity index is 315. The molecular weight excluding hydrogens is 224 g/mol. The van der Waals surface area contributed by atoms with Crippen LogP contribution in [0.4, 0.5) is 0 Å². The number of nitrogens with zero attached hydrogens (tertiary/aromatic N) is 1. The molecule has 0 saturated carbocycles. The lowest BCUT2D eigenvalue weighted by molar-refractivity contribution is 0.240. The van der Waals surface area contributed by atoms with Gasteiger partial charge in [0.1, 0.15) is 0 Å². The van der Waals surface area contributed by atoms with Gasteiger partial charge in [0.2, 0.25) is 10.0 Å². The molecule has 4 nitrogen and oxygen atoms in total. The smallest absolute Gasteiger partial charge is 0.215 e. The SMILES string of the molecule is CCN(C(C)(C)CN)S(=O)(=O)CC(C)(C)C. The van der Waals surface area contributed by atoms with E-state index in [-0.39, 0.29) is 11.2 Å². The van der Waals surface area contributed by atoms with E-state index in [2.05, 4.69) is 0 Å². The summed E-state index contributed by atoms with van der Waals surface area (Å²) in [5, 5.41) is 0. The largest absolute Gasteiger partial charge is 0.329 e. The molecule has 0 saturated heterocycles. The molecule has 0 aromatic heterocycles. The van der Waals surface area contributed by atoms with E-state index >= 15 is 0 Å². The monoisotopic (exact) mass is 250 g/mol. The Morgan fingerprint density at radius 2 is 1.56 bits per heavy atom. The van der Waals surface area contributed by atoms with Crippen molar-refractivity contribution in [1.82, 2.24) is 4.31 Å². The second-order valence-corrected chi connectivity index (χ2v) is 7.89. The highest BCUT2D eigenvalue weighted by molar-refractivity contribution is 7.89. The summed E-state index contributed by atoms with van der Waals surface area (Å²) in [6.45, 7) is 12.1. The first kappa shape index (κ1) is 15.9. The van der Waals surface area contributed by atoms with Gasteiger partial charge in [-0.15, -0.1) is 0 Å². The van der Waals surface area contributed by atoms with Gasteiger partial charge in [-0.2, -0.15) is 4.31 Å². The van der Waals surface area contributed by atoms with Gasteiger partial charge in [0.05, 0.1) is 5.75 Å². The Hall–Kier alpha value is -0.130. The molecule has 0 amide bonds. The van der Waals surface area contributed by atoms with E-state index in [0.717, 1.165) is 0 Å². The van der Waals surface area contributed by atoms with Crippen LogP contribution in [-0.4, -0.2) is 37.1 Å². The Morgan fingerprint density at radius 1 is 1.12 bits per heavy atom. The molecule has 0 aromatic rings. The Kier molecular flexibility index (Phi) is 4.98. The molecule has 2 N–H and O–H groups in total. The minimum atomic E-state index is -3.25. The molecule has 0 aliphatic rings. The fourth-order valence-corrected chi connectivity index (χ4v) is 4.20. The van der Waals surface area contributed by atoms with Crippen LogP contribution in [0.2, 0.25) is 0 Å². The third kappa shape index (κ3) is 4.39. The van der Waals surface area contributed by atoms with Crippen molar-refractivity contribution in [2.45, 2.75) is 47.1 Å². The summed E-state index contributed by atoms with van der Waals surface area (Å²) in [6.07, 6.45) is 0. The predicted molar refractivity (Wildman–Crippen MR) is 68.8 cm³/mol. The Labute approximate surface area is 100 Å². The zero-order chi connectivity index (χ0) is 13.2. The summed E-state index contributed by atoms with van der Waals surface area (Å²) in [5.74, 6) is 0.150. The summed E-state index contributed by atoms with van der Waals surface area (Å²) in [7, 11) is -3.25. The summed E-state index contributed by atoms with van der Waals surface area (Å²) in [6, 6.07) is 0. The third-order valence-corrected chi connectivity index (χ3v) is 5.07. The van der Waals surface area contributed by atoms with Gasteiger partial charge in [-0.25, -0.2) is 8.42 Å². The molecule has 0 aliphatic carbocycles. The number of hydrogen-bond donors (Lipinski definition) is 1. The average Bonchev–Trinajstić information content (AvgIpc) is 1.99. The highest BCUT2D eigenvalue weighted by Gasteiger charge is 2.36. The first-order valence-electron chi connectivity index (χ1n) is 5.67. The van der Waals surface area contributed by atoms with Gasteiger partial charge in [-0.3, -0.25) is 0 Å². The first-order chi connectivity index (χ1) is 6.96. The lowest BCUT2D eigenvalue weighted by atomic mass is 10.0. The minimum Gasteiger partial charge on any atom is -0.329 e.